The lowest BCUT2D eigenvalue weighted by atomic mass is 10.0. The Kier molecular flexibility index (Phi) is 6.50. The van der Waals surface area contributed by atoms with Crippen LogP contribution in [0, 0.1) is 0 Å². The van der Waals surface area contributed by atoms with Gasteiger partial charge in [-0.05, 0) is 24.1 Å². The van der Waals surface area contributed by atoms with Crippen LogP contribution in [-0.2, 0) is 4.79 Å². The predicted molar refractivity (Wildman–Crippen MR) is 91.7 cm³/mol. The number of rotatable bonds is 4. The quantitative estimate of drug-likeness (QED) is 0.911. The molecule has 2 aliphatic rings. The summed E-state index contributed by atoms with van der Waals surface area (Å²) in [5, 5.41) is 4.24. The summed E-state index contributed by atoms with van der Waals surface area (Å²) in [7, 11) is 0. The van der Waals surface area contributed by atoms with Crippen LogP contribution in [0.3, 0.4) is 0 Å². The van der Waals surface area contributed by atoms with Crippen LogP contribution in [0.2, 0.25) is 5.02 Å². The van der Waals surface area contributed by atoms with Crippen molar-refractivity contribution >= 4 is 29.9 Å². The summed E-state index contributed by atoms with van der Waals surface area (Å²) in [6, 6.07) is 8.45. The van der Waals surface area contributed by atoms with Gasteiger partial charge in [-0.25, -0.2) is 0 Å². The van der Waals surface area contributed by atoms with Crippen LogP contribution >= 0.6 is 24.0 Å². The van der Waals surface area contributed by atoms with Gasteiger partial charge in [-0.3, -0.25) is 9.69 Å². The maximum atomic E-state index is 11.7. The molecule has 22 heavy (non-hydrogen) atoms. The minimum atomic E-state index is 0. The molecule has 1 N–H and O–H groups in total. The lowest BCUT2D eigenvalue weighted by Gasteiger charge is -2.37. The summed E-state index contributed by atoms with van der Waals surface area (Å²) in [6.45, 7) is 5.66. The topological polar surface area (TPSA) is 35.6 Å². The molecule has 1 aromatic carbocycles. The third-order valence-corrected chi connectivity index (χ3v) is 4.65. The van der Waals surface area contributed by atoms with E-state index in [1.807, 2.05) is 23.1 Å². The van der Waals surface area contributed by atoms with Gasteiger partial charge in [-0.1, -0.05) is 23.7 Å². The highest BCUT2D eigenvalue weighted by atomic mass is 35.5. The molecule has 0 aromatic heterocycles. The van der Waals surface area contributed by atoms with E-state index >= 15 is 0 Å². The number of carbonyl (C=O) groups is 1. The first-order valence-corrected chi connectivity index (χ1v) is 8.10. The zero-order valence-corrected chi connectivity index (χ0v) is 14.2. The molecule has 3 rings (SSSR count). The number of nitrogens with zero attached hydrogens (tertiary/aromatic N) is 2. The van der Waals surface area contributed by atoms with Crippen LogP contribution in [0.4, 0.5) is 0 Å². The average molecular weight is 344 g/mol. The van der Waals surface area contributed by atoms with Crippen LogP contribution < -0.4 is 5.32 Å². The number of amides is 1. The zero-order valence-electron chi connectivity index (χ0n) is 12.6. The first-order chi connectivity index (χ1) is 10.2. The highest BCUT2D eigenvalue weighted by Gasteiger charge is 2.26. The molecule has 6 heteroatoms. The van der Waals surface area contributed by atoms with E-state index in [0.717, 1.165) is 57.1 Å². The van der Waals surface area contributed by atoms with Crippen LogP contribution in [0.15, 0.2) is 24.3 Å². The van der Waals surface area contributed by atoms with Gasteiger partial charge in [0.25, 0.3) is 0 Å². The zero-order chi connectivity index (χ0) is 14.7. The standard InChI is InChI=1S/C16H22ClN3O.ClH/c17-14-4-1-3-13(11-14)15-12-18-6-8-19(15)9-10-20-7-2-5-16(20)21;/h1,3-4,11,15,18H,2,5-10,12H2;1H. The van der Waals surface area contributed by atoms with E-state index in [9.17, 15) is 4.79 Å². The highest BCUT2D eigenvalue weighted by Crippen LogP contribution is 2.24. The number of halogens is 2. The molecule has 2 fully saturated rings. The van der Waals surface area contributed by atoms with Gasteiger partial charge in [0, 0.05) is 56.8 Å². The van der Waals surface area contributed by atoms with E-state index in [0.29, 0.717) is 11.9 Å². The summed E-state index contributed by atoms with van der Waals surface area (Å²) in [6.07, 6.45) is 1.73. The lowest BCUT2D eigenvalue weighted by molar-refractivity contribution is -0.127. The summed E-state index contributed by atoms with van der Waals surface area (Å²) < 4.78 is 0. The Balaban J connectivity index is 0.00000176. The molecule has 1 unspecified atom stereocenters. The number of likely N-dealkylation sites (tertiary alicyclic amines) is 1. The maximum Gasteiger partial charge on any atom is 0.222 e. The van der Waals surface area contributed by atoms with Gasteiger partial charge in [0.1, 0.15) is 0 Å². The van der Waals surface area contributed by atoms with Crippen LogP contribution in [-0.4, -0.2) is 55.0 Å². The molecule has 0 aliphatic carbocycles. The van der Waals surface area contributed by atoms with Gasteiger partial charge in [-0.15, -0.1) is 12.4 Å². The van der Waals surface area contributed by atoms with Crippen molar-refractivity contribution in [3.8, 4) is 0 Å². The molecule has 2 saturated heterocycles. The van der Waals surface area contributed by atoms with Crippen molar-refractivity contribution < 1.29 is 4.79 Å². The third-order valence-electron chi connectivity index (χ3n) is 4.42. The van der Waals surface area contributed by atoms with E-state index < -0.39 is 0 Å². The number of carbonyl (C=O) groups excluding carboxylic acids is 1. The number of piperazine rings is 1. The number of nitrogens with one attached hydrogen (secondary N) is 1. The number of hydrogen-bond donors (Lipinski definition) is 1. The maximum absolute atomic E-state index is 11.7. The van der Waals surface area contributed by atoms with Gasteiger partial charge in [0.2, 0.25) is 5.91 Å². The lowest BCUT2D eigenvalue weighted by Crippen LogP contribution is -2.48. The van der Waals surface area contributed by atoms with E-state index in [4.69, 9.17) is 11.6 Å². The third kappa shape index (κ3) is 4.13. The second-order valence-corrected chi connectivity index (χ2v) is 6.23. The average Bonchev–Trinajstić information content (AvgIpc) is 2.91. The summed E-state index contributed by atoms with van der Waals surface area (Å²) in [5.74, 6) is 0.310. The second-order valence-electron chi connectivity index (χ2n) is 5.80. The normalized spacial score (nSPS) is 22.7. The fourth-order valence-electron chi connectivity index (χ4n) is 3.25. The highest BCUT2D eigenvalue weighted by molar-refractivity contribution is 6.30. The van der Waals surface area contributed by atoms with E-state index in [1.54, 1.807) is 0 Å². The summed E-state index contributed by atoms with van der Waals surface area (Å²) >= 11 is 6.12. The van der Waals surface area contributed by atoms with E-state index in [1.165, 1.54) is 5.56 Å². The number of benzene rings is 1. The first-order valence-electron chi connectivity index (χ1n) is 7.72. The van der Waals surface area contributed by atoms with Crippen molar-refractivity contribution in [1.82, 2.24) is 15.1 Å². The Morgan fingerprint density at radius 1 is 1.27 bits per heavy atom. The Hall–Kier alpha value is -0.810. The molecule has 2 heterocycles. The molecule has 1 amide bonds. The molecule has 0 saturated carbocycles. The Morgan fingerprint density at radius 3 is 2.86 bits per heavy atom. The van der Waals surface area contributed by atoms with Gasteiger partial charge < -0.3 is 10.2 Å². The Labute approximate surface area is 143 Å². The molecule has 122 valence electrons. The van der Waals surface area contributed by atoms with E-state index in [-0.39, 0.29) is 12.4 Å². The summed E-state index contributed by atoms with van der Waals surface area (Å²) in [4.78, 5) is 16.2. The molecule has 0 spiro atoms. The van der Waals surface area contributed by atoms with Crippen LogP contribution in [0.5, 0.6) is 0 Å². The first kappa shape index (κ1) is 17.5. The predicted octanol–water partition coefficient (Wildman–Crippen LogP) is 2.33. The molecule has 1 atom stereocenters. The molecule has 1 aromatic rings. The van der Waals surface area contributed by atoms with Gasteiger partial charge in [0.15, 0.2) is 0 Å². The van der Waals surface area contributed by atoms with Crippen molar-refractivity contribution in [2.75, 3.05) is 39.3 Å². The minimum absolute atomic E-state index is 0. The van der Waals surface area contributed by atoms with Gasteiger partial charge >= 0.3 is 0 Å². The van der Waals surface area contributed by atoms with Crippen molar-refractivity contribution in [3.05, 3.63) is 34.9 Å². The molecule has 0 bridgehead atoms. The number of hydrogen-bond acceptors (Lipinski definition) is 3. The van der Waals surface area contributed by atoms with Crippen molar-refractivity contribution in [2.24, 2.45) is 0 Å². The van der Waals surface area contributed by atoms with Gasteiger partial charge in [0.05, 0.1) is 0 Å². The smallest absolute Gasteiger partial charge is 0.222 e. The molecule has 4 nitrogen and oxygen atoms in total. The SMILES string of the molecule is Cl.O=C1CCCN1CCN1CCNCC1c1cccc(Cl)c1. The second kappa shape index (κ2) is 8.16. The van der Waals surface area contributed by atoms with Crippen molar-refractivity contribution in [1.29, 1.82) is 0 Å². The Morgan fingerprint density at radius 2 is 2.14 bits per heavy atom. The Bertz CT molecular complexity index is 512. The molecular weight excluding hydrogens is 321 g/mol. The monoisotopic (exact) mass is 343 g/mol. The van der Waals surface area contributed by atoms with Crippen LogP contribution in [0.1, 0.15) is 24.4 Å². The van der Waals surface area contributed by atoms with Crippen molar-refractivity contribution in [2.45, 2.75) is 18.9 Å². The van der Waals surface area contributed by atoms with Crippen molar-refractivity contribution in [3.63, 3.8) is 0 Å². The van der Waals surface area contributed by atoms with Gasteiger partial charge in [-0.2, -0.15) is 0 Å². The largest absolute Gasteiger partial charge is 0.341 e. The van der Waals surface area contributed by atoms with E-state index in [2.05, 4.69) is 16.3 Å². The molecular formula is C16H23Cl2N3O. The fraction of sp³-hybridized carbons (Fsp3) is 0.562. The molecule has 2 aliphatic heterocycles. The van der Waals surface area contributed by atoms with Crippen LogP contribution in [0.25, 0.3) is 0 Å². The minimum Gasteiger partial charge on any atom is -0.341 e. The fourth-order valence-corrected chi connectivity index (χ4v) is 3.44. The summed E-state index contributed by atoms with van der Waals surface area (Å²) in [5.41, 5.74) is 1.25. The molecule has 0 radical (unpaired) electrons.